The van der Waals surface area contributed by atoms with E-state index in [1.807, 2.05) is 0 Å². The lowest BCUT2D eigenvalue weighted by atomic mass is 9.71. The summed E-state index contributed by atoms with van der Waals surface area (Å²) < 4.78 is 48.4. The summed E-state index contributed by atoms with van der Waals surface area (Å²) in [6, 6.07) is -0.428. The van der Waals surface area contributed by atoms with Gasteiger partial charge in [-0.3, -0.25) is 9.59 Å². The fourth-order valence-electron chi connectivity index (χ4n) is 5.76. The molecule has 2 bridgehead atoms. The van der Waals surface area contributed by atoms with E-state index in [0.717, 1.165) is 12.8 Å². The number of fused-ring (bicyclic) bond motifs is 1. The molecule has 5 unspecified atom stereocenters. The number of amides is 2. The fourth-order valence-corrected chi connectivity index (χ4v) is 5.99. The van der Waals surface area contributed by atoms with Gasteiger partial charge in [-0.15, -0.1) is 11.6 Å². The maximum absolute atomic E-state index is 13.7. The summed E-state index contributed by atoms with van der Waals surface area (Å²) in [5.41, 5.74) is -0.663. The van der Waals surface area contributed by atoms with Crippen LogP contribution in [0.2, 0.25) is 0 Å². The number of alkyl halides is 4. The van der Waals surface area contributed by atoms with Crippen molar-refractivity contribution in [2.75, 3.05) is 13.2 Å². The molecular weight excluding hydrogens is 451 g/mol. The van der Waals surface area contributed by atoms with Crippen molar-refractivity contribution < 1.29 is 32.2 Å². The smallest absolute Gasteiger partial charge is 0.345 e. The summed E-state index contributed by atoms with van der Waals surface area (Å²) in [6.07, 6.45) is 3.11. The van der Waals surface area contributed by atoms with Gasteiger partial charge >= 0.3 is 6.61 Å². The number of carbonyl (C=O) groups is 2. The molecule has 3 N–H and O–H groups in total. The third-order valence-electron chi connectivity index (χ3n) is 7.30. The fraction of sp³-hybridized carbons (Fsp3) is 0.905. The van der Waals surface area contributed by atoms with Gasteiger partial charge < -0.3 is 25.4 Å². The predicted molar refractivity (Wildman–Crippen MR) is 110 cm³/mol. The Balaban J connectivity index is 1.17. The van der Waals surface area contributed by atoms with Gasteiger partial charge in [0.1, 0.15) is 12.8 Å². The van der Waals surface area contributed by atoms with Crippen molar-refractivity contribution in [2.45, 2.75) is 105 Å². The van der Waals surface area contributed by atoms with Gasteiger partial charge in [-0.25, -0.2) is 4.39 Å². The number of ether oxygens (including phenoxy) is 2. The van der Waals surface area contributed by atoms with E-state index < -0.39 is 30.3 Å². The van der Waals surface area contributed by atoms with E-state index in [0.29, 0.717) is 38.5 Å². The Morgan fingerprint density at radius 1 is 1.06 bits per heavy atom. The second kappa shape index (κ2) is 9.64. The van der Waals surface area contributed by atoms with Crippen LogP contribution in [0.15, 0.2) is 0 Å². The molecule has 5 atom stereocenters. The molecule has 5 rings (SSSR count). The van der Waals surface area contributed by atoms with Crippen LogP contribution in [-0.4, -0.2) is 72.5 Å². The average molecular weight is 482 g/mol. The van der Waals surface area contributed by atoms with Crippen LogP contribution in [0.5, 0.6) is 0 Å². The molecule has 2 amide bonds. The lowest BCUT2D eigenvalue weighted by Gasteiger charge is -2.48. The molecule has 32 heavy (non-hydrogen) atoms. The molecule has 4 aliphatic carbocycles. The summed E-state index contributed by atoms with van der Waals surface area (Å²) in [4.78, 5) is 25.0. The zero-order valence-electron chi connectivity index (χ0n) is 17.9. The second-order valence-corrected chi connectivity index (χ2v) is 10.3. The number of carbonyl (C=O) groups excluding carboxylic acids is 2. The third-order valence-corrected chi connectivity index (χ3v) is 7.80. The van der Waals surface area contributed by atoms with Crippen LogP contribution in [0.1, 0.15) is 57.8 Å². The van der Waals surface area contributed by atoms with Crippen LogP contribution in [0.4, 0.5) is 13.2 Å². The number of halogens is 4. The minimum Gasteiger partial charge on any atom is -0.368 e. The Labute approximate surface area is 190 Å². The number of hydrogen-bond donors (Lipinski definition) is 3. The molecule has 0 aromatic rings. The standard InChI is InChI=1S/C21H31ClF3N3O4/c22-14-3-1-12(7-15(14)23)31-9-17(29)27-20-5-6-21(10-20,11-20)28-18(30)16-4-2-13(8-26-16)32-19(24)25/h12-16,19,26H,1-11H2,(H,27,29)(H,28,30). The van der Waals surface area contributed by atoms with E-state index in [4.69, 9.17) is 16.3 Å². The highest BCUT2D eigenvalue weighted by molar-refractivity contribution is 6.21. The summed E-state index contributed by atoms with van der Waals surface area (Å²) >= 11 is 5.88. The normalized spacial score (nSPS) is 41.2. The first-order valence-electron chi connectivity index (χ1n) is 11.4. The number of nitrogens with one attached hydrogen (secondary N) is 3. The largest absolute Gasteiger partial charge is 0.368 e. The van der Waals surface area contributed by atoms with Crippen molar-refractivity contribution in [1.29, 1.82) is 0 Å². The van der Waals surface area contributed by atoms with E-state index in [2.05, 4.69) is 20.7 Å². The van der Waals surface area contributed by atoms with Gasteiger partial charge in [0.05, 0.1) is 23.6 Å². The highest BCUT2D eigenvalue weighted by Gasteiger charge is 2.62. The van der Waals surface area contributed by atoms with Crippen LogP contribution in [0, 0.1) is 0 Å². The molecule has 0 aromatic heterocycles. The average Bonchev–Trinajstić information content (AvgIpc) is 3.23. The van der Waals surface area contributed by atoms with Crippen molar-refractivity contribution in [3.05, 3.63) is 0 Å². The molecule has 0 spiro atoms. The Kier molecular flexibility index (Phi) is 7.24. The number of hydrogen-bond acceptors (Lipinski definition) is 5. The Bertz CT molecular complexity index is 702. The molecule has 5 fully saturated rings. The predicted octanol–water partition coefficient (Wildman–Crippen LogP) is 2.16. The van der Waals surface area contributed by atoms with Gasteiger partial charge in [-0.05, 0) is 51.4 Å². The first-order chi connectivity index (χ1) is 15.2. The molecule has 11 heteroatoms. The minimum absolute atomic E-state index is 0.112. The molecule has 7 nitrogen and oxygen atoms in total. The SMILES string of the molecule is O=C(COC1CCC(Cl)C(F)C1)NC12CCC(NC(=O)C3CCC(OC(F)F)CN3)(C1)C2. The van der Waals surface area contributed by atoms with E-state index in [9.17, 15) is 22.8 Å². The van der Waals surface area contributed by atoms with Gasteiger partial charge in [-0.2, -0.15) is 8.78 Å². The zero-order valence-corrected chi connectivity index (χ0v) is 18.6. The Hall–Kier alpha value is -1.10. The molecule has 1 heterocycles. The monoisotopic (exact) mass is 481 g/mol. The maximum atomic E-state index is 13.7. The van der Waals surface area contributed by atoms with Crippen LogP contribution >= 0.6 is 11.6 Å². The maximum Gasteiger partial charge on any atom is 0.345 e. The van der Waals surface area contributed by atoms with E-state index >= 15 is 0 Å². The van der Waals surface area contributed by atoms with Crippen molar-refractivity contribution in [1.82, 2.24) is 16.0 Å². The van der Waals surface area contributed by atoms with Crippen LogP contribution in [0.3, 0.4) is 0 Å². The lowest BCUT2D eigenvalue weighted by Crippen LogP contribution is -2.66. The molecule has 0 aromatic carbocycles. The highest BCUT2D eigenvalue weighted by atomic mass is 35.5. The Morgan fingerprint density at radius 2 is 1.75 bits per heavy atom. The van der Waals surface area contributed by atoms with Gasteiger partial charge in [-0.1, -0.05) is 0 Å². The van der Waals surface area contributed by atoms with E-state index in [-0.39, 0.29) is 48.6 Å². The molecule has 1 saturated heterocycles. The van der Waals surface area contributed by atoms with Crippen molar-refractivity contribution in [3.63, 3.8) is 0 Å². The first kappa shape index (κ1) is 24.0. The molecular formula is C21H31ClF3N3O4. The lowest BCUT2D eigenvalue weighted by molar-refractivity contribution is -0.168. The van der Waals surface area contributed by atoms with Crippen LogP contribution in [0.25, 0.3) is 0 Å². The summed E-state index contributed by atoms with van der Waals surface area (Å²) in [5, 5.41) is 8.66. The van der Waals surface area contributed by atoms with Gasteiger partial charge in [0, 0.05) is 24.0 Å². The van der Waals surface area contributed by atoms with Crippen molar-refractivity contribution in [3.8, 4) is 0 Å². The molecule has 0 radical (unpaired) electrons. The highest BCUT2D eigenvalue weighted by Crippen LogP contribution is 2.55. The second-order valence-electron chi connectivity index (χ2n) is 9.79. The molecule has 4 saturated carbocycles. The van der Waals surface area contributed by atoms with Crippen molar-refractivity contribution >= 4 is 23.4 Å². The molecule has 182 valence electrons. The summed E-state index contributed by atoms with van der Waals surface area (Å²) in [5.74, 6) is -0.365. The molecule has 5 aliphatic rings. The topological polar surface area (TPSA) is 88.7 Å². The van der Waals surface area contributed by atoms with Crippen LogP contribution in [-0.2, 0) is 19.1 Å². The van der Waals surface area contributed by atoms with Crippen molar-refractivity contribution in [2.24, 2.45) is 0 Å². The first-order valence-corrected chi connectivity index (χ1v) is 11.8. The van der Waals surface area contributed by atoms with Gasteiger partial charge in [0.25, 0.3) is 0 Å². The van der Waals surface area contributed by atoms with Gasteiger partial charge in [0.15, 0.2) is 0 Å². The number of rotatable bonds is 8. The zero-order chi connectivity index (χ0) is 22.9. The molecule has 1 aliphatic heterocycles. The van der Waals surface area contributed by atoms with Gasteiger partial charge in [0.2, 0.25) is 11.8 Å². The summed E-state index contributed by atoms with van der Waals surface area (Å²) in [6.45, 7) is -2.71. The van der Waals surface area contributed by atoms with E-state index in [1.165, 1.54) is 0 Å². The van der Waals surface area contributed by atoms with E-state index in [1.54, 1.807) is 0 Å². The quantitative estimate of drug-likeness (QED) is 0.462. The summed E-state index contributed by atoms with van der Waals surface area (Å²) in [7, 11) is 0. The minimum atomic E-state index is -2.81. The Morgan fingerprint density at radius 3 is 2.38 bits per heavy atom. The third kappa shape index (κ3) is 5.51. The number of piperidine rings is 1. The van der Waals surface area contributed by atoms with Crippen LogP contribution < -0.4 is 16.0 Å².